The van der Waals surface area contributed by atoms with Crippen molar-refractivity contribution < 1.29 is 14.7 Å². The number of nitrogens with zero attached hydrogens (tertiary/aromatic N) is 1. The zero-order valence-electron chi connectivity index (χ0n) is 13.7. The molecule has 6 heteroatoms. The lowest BCUT2D eigenvalue weighted by molar-refractivity contribution is -0.117. The maximum absolute atomic E-state index is 12.6. The van der Waals surface area contributed by atoms with Crippen LogP contribution in [0.4, 0.5) is 5.00 Å². The van der Waals surface area contributed by atoms with Crippen LogP contribution in [0.25, 0.3) is 0 Å². The molecule has 0 aliphatic heterocycles. The fourth-order valence-electron chi connectivity index (χ4n) is 3.16. The van der Waals surface area contributed by atoms with Gasteiger partial charge in [-0.25, -0.2) is 0 Å². The van der Waals surface area contributed by atoms with Gasteiger partial charge in [0.15, 0.2) is 0 Å². The third-order valence-electron chi connectivity index (χ3n) is 4.78. The number of nitrogens with one attached hydrogen (secondary N) is 1. The van der Waals surface area contributed by atoms with Gasteiger partial charge in [0.2, 0.25) is 5.91 Å². The zero-order valence-corrected chi connectivity index (χ0v) is 14.5. The summed E-state index contributed by atoms with van der Waals surface area (Å²) in [7, 11) is 1.79. The number of carbonyl (C=O) groups is 2. The first-order chi connectivity index (χ1) is 11.0. The highest BCUT2D eigenvalue weighted by Crippen LogP contribution is 2.33. The Bertz CT molecular complexity index is 609. The third-order valence-corrected chi connectivity index (χ3v) is 5.92. The molecule has 1 heterocycles. The molecule has 2 atom stereocenters. The molecule has 2 unspecified atom stereocenters. The molecule has 0 spiro atoms. The van der Waals surface area contributed by atoms with Crippen molar-refractivity contribution >= 4 is 28.2 Å². The summed E-state index contributed by atoms with van der Waals surface area (Å²) in [6.45, 7) is 2.48. The van der Waals surface area contributed by atoms with Crippen LogP contribution in [0.15, 0.2) is 6.07 Å². The molecule has 0 saturated heterocycles. The van der Waals surface area contributed by atoms with Crippen molar-refractivity contribution in [3.05, 3.63) is 16.5 Å². The van der Waals surface area contributed by atoms with E-state index >= 15 is 0 Å². The molecule has 2 amide bonds. The van der Waals surface area contributed by atoms with Crippen molar-refractivity contribution in [2.45, 2.75) is 45.1 Å². The van der Waals surface area contributed by atoms with Crippen LogP contribution in [0.2, 0.25) is 0 Å². The Morgan fingerprint density at radius 3 is 2.70 bits per heavy atom. The molecule has 5 nitrogen and oxygen atoms in total. The smallest absolute Gasteiger partial charge is 0.264 e. The predicted octanol–water partition coefficient (Wildman–Crippen LogP) is 2.64. The molecular formula is C17H24N2O3S. The molecule has 0 radical (unpaired) electrons. The summed E-state index contributed by atoms with van der Waals surface area (Å²) in [4.78, 5) is 26.9. The van der Waals surface area contributed by atoms with Crippen LogP contribution in [0.3, 0.4) is 0 Å². The summed E-state index contributed by atoms with van der Waals surface area (Å²) in [6, 6.07) is 1.87. The van der Waals surface area contributed by atoms with E-state index in [4.69, 9.17) is 0 Å². The molecule has 1 aromatic heterocycles. The van der Waals surface area contributed by atoms with Gasteiger partial charge in [-0.15, -0.1) is 11.3 Å². The van der Waals surface area contributed by atoms with Crippen molar-refractivity contribution in [3.8, 4) is 0 Å². The number of aryl methyl sites for hydroxylation is 1. The van der Waals surface area contributed by atoms with Crippen molar-refractivity contribution in [3.63, 3.8) is 0 Å². The Labute approximate surface area is 140 Å². The Morgan fingerprint density at radius 2 is 2.09 bits per heavy atom. The van der Waals surface area contributed by atoms with Gasteiger partial charge in [0, 0.05) is 25.4 Å². The average molecular weight is 336 g/mol. The SMILES string of the molecule is Cc1cc(NC(=O)C2CC2)sc1C(=O)N(C)CC1CCCC1O. The largest absolute Gasteiger partial charge is 0.393 e. The minimum Gasteiger partial charge on any atom is -0.393 e. The molecule has 0 aromatic carbocycles. The Morgan fingerprint density at radius 1 is 1.35 bits per heavy atom. The number of carbonyl (C=O) groups excluding carboxylic acids is 2. The van der Waals surface area contributed by atoms with Crippen LogP contribution in [0.5, 0.6) is 0 Å². The van der Waals surface area contributed by atoms with Gasteiger partial charge < -0.3 is 15.3 Å². The van der Waals surface area contributed by atoms with Gasteiger partial charge in [0.25, 0.3) is 5.91 Å². The van der Waals surface area contributed by atoms with Gasteiger partial charge in [-0.2, -0.15) is 0 Å². The topological polar surface area (TPSA) is 69.6 Å². The van der Waals surface area contributed by atoms with Crippen LogP contribution in [0, 0.1) is 18.8 Å². The summed E-state index contributed by atoms with van der Waals surface area (Å²) in [5.74, 6) is 0.368. The van der Waals surface area contributed by atoms with Gasteiger partial charge >= 0.3 is 0 Å². The van der Waals surface area contributed by atoms with E-state index in [1.165, 1.54) is 11.3 Å². The number of aliphatic hydroxyl groups is 1. The first kappa shape index (κ1) is 16.5. The van der Waals surface area contributed by atoms with Gasteiger partial charge in [-0.3, -0.25) is 9.59 Å². The summed E-state index contributed by atoms with van der Waals surface area (Å²) < 4.78 is 0. The quantitative estimate of drug-likeness (QED) is 0.868. The number of thiophene rings is 1. The molecule has 1 aromatic rings. The summed E-state index contributed by atoms with van der Waals surface area (Å²) in [5, 5.41) is 13.6. The van der Waals surface area contributed by atoms with E-state index in [9.17, 15) is 14.7 Å². The minimum absolute atomic E-state index is 0.0291. The molecule has 2 aliphatic carbocycles. The Hall–Kier alpha value is -1.40. The zero-order chi connectivity index (χ0) is 16.6. The highest BCUT2D eigenvalue weighted by atomic mass is 32.1. The van der Waals surface area contributed by atoms with Crippen molar-refractivity contribution in [2.24, 2.45) is 11.8 Å². The highest BCUT2D eigenvalue weighted by molar-refractivity contribution is 7.18. The van der Waals surface area contributed by atoms with Gasteiger partial charge in [-0.05, 0) is 44.2 Å². The molecule has 2 saturated carbocycles. The van der Waals surface area contributed by atoms with E-state index in [1.807, 2.05) is 13.0 Å². The summed E-state index contributed by atoms with van der Waals surface area (Å²) >= 11 is 1.34. The molecule has 2 fully saturated rings. The van der Waals surface area contributed by atoms with E-state index in [-0.39, 0.29) is 29.8 Å². The molecule has 2 N–H and O–H groups in total. The summed E-state index contributed by atoms with van der Waals surface area (Å²) in [6.07, 6.45) is 4.49. The van der Waals surface area contributed by atoms with Crippen LogP contribution >= 0.6 is 11.3 Å². The lowest BCUT2D eigenvalue weighted by Gasteiger charge is -2.23. The number of hydrogen-bond donors (Lipinski definition) is 2. The predicted molar refractivity (Wildman–Crippen MR) is 90.7 cm³/mol. The molecule has 2 aliphatic rings. The number of aliphatic hydroxyl groups excluding tert-OH is 1. The second kappa shape index (κ2) is 6.61. The standard InChI is InChI=1S/C17H24N2O3S/c1-10-8-14(18-16(21)11-6-7-11)23-15(10)17(22)19(2)9-12-4-3-5-13(12)20/h8,11-13,20H,3-7,9H2,1-2H3,(H,18,21). The lowest BCUT2D eigenvalue weighted by atomic mass is 10.1. The van der Waals surface area contributed by atoms with Crippen molar-refractivity contribution in [1.82, 2.24) is 4.90 Å². The van der Waals surface area contributed by atoms with E-state index in [0.717, 1.165) is 42.7 Å². The molecule has 0 bridgehead atoms. The monoisotopic (exact) mass is 336 g/mol. The first-order valence-corrected chi connectivity index (χ1v) is 9.12. The average Bonchev–Trinajstić information content (AvgIpc) is 3.20. The van der Waals surface area contributed by atoms with Gasteiger partial charge in [0.1, 0.15) is 0 Å². The van der Waals surface area contributed by atoms with Crippen LogP contribution in [-0.4, -0.2) is 41.5 Å². The van der Waals surface area contributed by atoms with Crippen LogP contribution < -0.4 is 5.32 Å². The van der Waals surface area contributed by atoms with Crippen LogP contribution in [-0.2, 0) is 4.79 Å². The molecule has 126 valence electrons. The Balaban J connectivity index is 1.63. The normalized spacial score (nSPS) is 23.8. The fraction of sp³-hybridized carbons (Fsp3) is 0.647. The van der Waals surface area contributed by atoms with Crippen molar-refractivity contribution in [1.29, 1.82) is 0 Å². The second-order valence-corrected chi connectivity index (χ2v) is 7.88. The molecule has 3 rings (SSSR count). The fourth-order valence-corrected chi connectivity index (χ4v) is 4.23. The Kier molecular flexibility index (Phi) is 4.73. The van der Waals surface area contributed by atoms with E-state index in [1.54, 1.807) is 11.9 Å². The van der Waals surface area contributed by atoms with Gasteiger partial charge in [0.05, 0.1) is 16.0 Å². The van der Waals surface area contributed by atoms with Gasteiger partial charge in [-0.1, -0.05) is 6.42 Å². The molecule has 23 heavy (non-hydrogen) atoms. The molecular weight excluding hydrogens is 312 g/mol. The maximum Gasteiger partial charge on any atom is 0.264 e. The van der Waals surface area contributed by atoms with Crippen molar-refractivity contribution in [2.75, 3.05) is 18.9 Å². The van der Waals surface area contributed by atoms with E-state index in [0.29, 0.717) is 11.4 Å². The maximum atomic E-state index is 12.6. The number of rotatable bonds is 5. The third kappa shape index (κ3) is 3.75. The lowest BCUT2D eigenvalue weighted by Crippen LogP contribution is -2.34. The first-order valence-electron chi connectivity index (χ1n) is 8.30. The number of amides is 2. The minimum atomic E-state index is -0.289. The number of anilines is 1. The van der Waals surface area contributed by atoms with E-state index in [2.05, 4.69) is 5.32 Å². The van der Waals surface area contributed by atoms with E-state index < -0.39 is 0 Å². The summed E-state index contributed by atoms with van der Waals surface area (Å²) in [5.41, 5.74) is 0.893. The van der Waals surface area contributed by atoms with Crippen LogP contribution in [0.1, 0.15) is 47.3 Å². The second-order valence-electron chi connectivity index (χ2n) is 6.83. The number of hydrogen-bond acceptors (Lipinski definition) is 4. The highest BCUT2D eigenvalue weighted by Gasteiger charge is 2.31.